The molecule has 0 amide bonds. The Hall–Kier alpha value is -1.31. The lowest BCUT2D eigenvalue weighted by Gasteiger charge is -2.17. The number of nitrogens with one attached hydrogen (secondary N) is 1. The summed E-state index contributed by atoms with van der Waals surface area (Å²) in [5.41, 5.74) is 0.771. The number of pyridine rings is 1. The first-order valence-electron chi connectivity index (χ1n) is 6.53. The highest BCUT2D eigenvalue weighted by molar-refractivity contribution is 7.98. The Morgan fingerprint density at radius 3 is 2.71 bits per heavy atom. The fourth-order valence-corrected chi connectivity index (χ4v) is 3.70. The van der Waals surface area contributed by atoms with Gasteiger partial charge in [0.2, 0.25) is 10.0 Å². The Labute approximate surface area is 129 Å². The Bertz CT molecular complexity index is 732. The SMILES string of the molecule is CNc1ccc2cc(S(=O)(=O)N(C)CCSC)ccc2n1. The number of hydrogen-bond acceptors (Lipinski definition) is 5. The van der Waals surface area contributed by atoms with Crippen LogP contribution in [-0.4, -0.2) is 50.4 Å². The van der Waals surface area contributed by atoms with Gasteiger partial charge in [-0.3, -0.25) is 0 Å². The van der Waals surface area contributed by atoms with Crippen molar-refractivity contribution in [1.29, 1.82) is 0 Å². The third-order valence-electron chi connectivity index (χ3n) is 3.24. The van der Waals surface area contributed by atoms with Crippen molar-refractivity contribution in [1.82, 2.24) is 9.29 Å². The predicted molar refractivity (Wildman–Crippen MR) is 89.5 cm³/mol. The van der Waals surface area contributed by atoms with Crippen molar-refractivity contribution in [2.75, 3.05) is 38.0 Å². The van der Waals surface area contributed by atoms with Gasteiger partial charge in [0.25, 0.3) is 0 Å². The summed E-state index contributed by atoms with van der Waals surface area (Å²) in [6.45, 7) is 0.498. The van der Waals surface area contributed by atoms with Crippen LogP contribution >= 0.6 is 11.8 Å². The number of benzene rings is 1. The molecule has 0 aliphatic carbocycles. The molecular weight excluding hydrogens is 306 g/mol. The average molecular weight is 325 g/mol. The second-order valence-corrected chi connectivity index (χ2v) is 7.65. The molecule has 0 aliphatic rings. The highest BCUT2D eigenvalue weighted by Gasteiger charge is 2.20. The van der Waals surface area contributed by atoms with Crippen LogP contribution in [0.4, 0.5) is 5.82 Å². The Morgan fingerprint density at radius 2 is 2.05 bits per heavy atom. The Balaban J connectivity index is 2.38. The topological polar surface area (TPSA) is 62.3 Å². The van der Waals surface area contributed by atoms with E-state index in [1.165, 1.54) is 4.31 Å². The molecule has 1 aromatic heterocycles. The smallest absolute Gasteiger partial charge is 0.242 e. The molecule has 1 N–H and O–H groups in total. The molecule has 0 bridgehead atoms. The van der Waals surface area contributed by atoms with E-state index in [1.807, 2.05) is 18.4 Å². The summed E-state index contributed by atoms with van der Waals surface area (Å²) in [6, 6.07) is 8.73. The molecule has 5 nitrogen and oxygen atoms in total. The van der Waals surface area contributed by atoms with Gasteiger partial charge in [0.15, 0.2) is 0 Å². The molecule has 2 rings (SSSR count). The van der Waals surface area contributed by atoms with Gasteiger partial charge in [-0.05, 0) is 36.6 Å². The minimum absolute atomic E-state index is 0.303. The molecule has 2 aromatic rings. The fraction of sp³-hybridized carbons (Fsp3) is 0.357. The first-order valence-corrected chi connectivity index (χ1v) is 9.36. The van der Waals surface area contributed by atoms with Gasteiger partial charge in [-0.25, -0.2) is 17.7 Å². The van der Waals surface area contributed by atoms with Crippen LogP contribution in [0.1, 0.15) is 0 Å². The number of nitrogens with zero attached hydrogens (tertiary/aromatic N) is 2. The molecule has 21 heavy (non-hydrogen) atoms. The summed E-state index contributed by atoms with van der Waals surface area (Å²) in [5.74, 6) is 1.53. The number of rotatable bonds is 6. The van der Waals surface area contributed by atoms with E-state index in [4.69, 9.17) is 0 Å². The van der Waals surface area contributed by atoms with Gasteiger partial charge in [-0.15, -0.1) is 0 Å². The number of aromatic nitrogens is 1. The molecule has 0 saturated heterocycles. The first kappa shape index (κ1) is 16.1. The van der Waals surface area contributed by atoms with E-state index in [0.29, 0.717) is 11.4 Å². The number of fused-ring (bicyclic) bond motifs is 1. The quantitative estimate of drug-likeness (QED) is 0.883. The number of hydrogen-bond donors (Lipinski definition) is 1. The molecule has 1 aromatic carbocycles. The molecular formula is C14H19N3O2S2. The van der Waals surface area contributed by atoms with Gasteiger partial charge in [-0.2, -0.15) is 11.8 Å². The van der Waals surface area contributed by atoms with Gasteiger partial charge in [0.05, 0.1) is 10.4 Å². The summed E-state index contributed by atoms with van der Waals surface area (Å²) >= 11 is 1.62. The summed E-state index contributed by atoms with van der Waals surface area (Å²) in [6.07, 6.45) is 1.96. The first-order chi connectivity index (χ1) is 9.98. The van der Waals surface area contributed by atoms with Gasteiger partial charge in [0, 0.05) is 31.8 Å². The summed E-state index contributed by atoms with van der Waals surface area (Å²) < 4.78 is 26.4. The van der Waals surface area contributed by atoms with Crippen molar-refractivity contribution in [3.63, 3.8) is 0 Å². The lowest BCUT2D eigenvalue weighted by atomic mass is 10.2. The van der Waals surface area contributed by atoms with Crippen molar-refractivity contribution in [2.45, 2.75) is 4.90 Å². The lowest BCUT2D eigenvalue weighted by molar-refractivity contribution is 0.489. The Morgan fingerprint density at radius 1 is 1.29 bits per heavy atom. The number of anilines is 1. The van der Waals surface area contributed by atoms with E-state index in [0.717, 1.165) is 22.5 Å². The van der Waals surface area contributed by atoms with Gasteiger partial charge in [0.1, 0.15) is 5.82 Å². The maximum absolute atomic E-state index is 12.5. The van der Waals surface area contributed by atoms with E-state index in [1.54, 1.807) is 44.1 Å². The number of thioether (sulfide) groups is 1. The summed E-state index contributed by atoms with van der Waals surface area (Å²) in [5, 5.41) is 3.78. The molecule has 0 fully saturated rings. The van der Waals surface area contributed by atoms with Gasteiger partial charge < -0.3 is 5.32 Å². The standard InChI is InChI=1S/C14H19N3O2S2/c1-15-14-7-4-11-10-12(5-6-13(11)16-14)21(18,19)17(2)8-9-20-3/h4-7,10H,8-9H2,1-3H3,(H,15,16). The van der Waals surface area contributed by atoms with Crippen LogP contribution in [0.2, 0.25) is 0 Å². The van der Waals surface area contributed by atoms with Crippen LogP contribution in [0.5, 0.6) is 0 Å². The maximum atomic E-state index is 12.5. The van der Waals surface area contributed by atoms with Crippen molar-refractivity contribution >= 4 is 38.5 Å². The predicted octanol–water partition coefficient (Wildman–Crippen LogP) is 2.26. The maximum Gasteiger partial charge on any atom is 0.242 e. The highest BCUT2D eigenvalue weighted by Crippen LogP contribution is 2.21. The second-order valence-electron chi connectivity index (χ2n) is 4.62. The van der Waals surface area contributed by atoms with Gasteiger partial charge in [-0.1, -0.05) is 0 Å². The van der Waals surface area contributed by atoms with Crippen LogP contribution in [0, 0.1) is 0 Å². The van der Waals surface area contributed by atoms with E-state index >= 15 is 0 Å². The zero-order valence-electron chi connectivity index (χ0n) is 12.3. The third-order valence-corrected chi connectivity index (χ3v) is 5.68. The minimum atomic E-state index is -3.44. The monoisotopic (exact) mass is 325 g/mol. The number of sulfonamides is 1. The largest absolute Gasteiger partial charge is 0.373 e. The molecule has 114 valence electrons. The summed E-state index contributed by atoms with van der Waals surface area (Å²) in [4.78, 5) is 4.69. The van der Waals surface area contributed by atoms with Crippen molar-refractivity contribution in [3.05, 3.63) is 30.3 Å². The van der Waals surface area contributed by atoms with Crippen molar-refractivity contribution in [2.24, 2.45) is 0 Å². The fourth-order valence-electron chi connectivity index (χ4n) is 1.92. The average Bonchev–Trinajstić information content (AvgIpc) is 2.51. The van der Waals surface area contributed by atoms with E-state index in [9.17, 15) is 8.42 Å². The van der Waals surface area contributed by atoms with Crippen LogP contribution in [0.25, 0.3) is 10.9 Å². The third kappa shape index (κ3) is 3.48. The van der Waals surface area contributed by atoms with Crippen LogP contribution in [0.15, 0.2) is 35.2 Å². The molecule has 0 aliphatic heterocycles. The molecule has 0 atom stereocenters. The van der Waals surface area contributed by atoms with Crippen molar-refractivity contribution < 1.29 is 8.42 Å². The molecule has 0 unspecified atom stereocenters. The second kappa shape index (κ2) is 6.64. The van der Waals surface area contributed by atoms with Crippen LogP contribution < -0.4 is 5.32 Å². The zero-order valence-corrected chi connectivity index (χ0v) is 14.0. The molecule has 7 heteroatoms. The van der Waals surface area contributed by atoms with Crippen LogP contribution in [-0.2, 0) is 10.0 Å². The van der Waals surface area contributed by atoms with E-state index < -0.39 is 10.0 Å². The molecule has 1 heterocycles. The molecule has 0 saturated carbocycles. The van der Waals surface area contributed by atoms with Crippen LogP contribution in [0.3, 0.4) is 0 Å². The molecule has 0 radical (unpaired) electrons. The lowest BCUT2D eigenvalue weighted by Crippen LogP contribution is -2.29. The van der Waals surface area contributed by atoms with Gasteiger partial charge >= 0.3 is 0 Å². The summed E-state index contributed by atoms with van der Waals surface area (Å²) in [7, 11) is -0.0332. The highest BCUT2D eigenvalue weighted by atomic mass is 32.2. The van der Waals surface area contributed by atoms with E-state index in [-0.39, 0.29) is 0 Å². The minimum Gasteiger partial charge on any atom is -0.373 e. The normalized spacial score (nSPS) is 12.0. The Kier molecular flexibility index (Phi) is 5.08. The van der Waals surface area contributed by atoms with E-state index in [2.05, 4.69) is 10.3 Å². The molecule has 0 spiro atoms. The van der Waals surface area contributed by atoms with Crippen molar-refractivity contribution in [3.8, 4) is 0 Å². The zero-order chi connectivity index (χ0) is 15.5.